The van der Waals surface area contributed by atoms with Crippen molar-refractivity contribution in [1.29, 1.82) is 0 Å². The third-order valence-electron chi connectivity index (χ3n) is 2.87. The molecule has 0 amide bonds. The van der Waals surface area contributed by atoms with Crippen LogP contribution >= 0.6 is 0 Å². The Morgan fingerprint density at radius 3 is 2.70 bits per heavy atom. The Bertz CT molecular complexity index is 760. The molecule has 0 aliphatic rings. The first-order chi connectivity index (χ1) is 9.52. The topological polar surface area (TPSA) is 89.5 Å². The van der Waals surface area contributed by atoms with E-state index in [-0.39, 0.29) is 12.1 Å². The Labute approximate surface area is 114 Å². The van der Waals surface area contributed by atoms with Gasteiger partial charge in [0.15, 0.2) is 0 Å². The van der Waals surface area contributed by atoms with Crippen LogP contribution in [-0.4, -0.2) is 25.4 Å². The number of rotatable bonds is 3. The van der Waals surface area contributed by atoms with E-state index in [0.717, 1.165) is 14.8 Å². The molecule has 2 rings (SSSR count). The van der Waals surface area contributed by atoms with Crippen LogP contribution in [0.1, 0.15) is 11.3 Å². The fourth-order valence-electron chi connectivity index (χ4n) is 1.69. The van der Waals surface area contributed by atoms with E-state index in [1.54, 1.807) is 18.3 Å². The summed E-state index contributed by atoms with van der Waals surface area (Å²) in [7, 11) is 2.73. The third-order valence-corrected chi connectivity index (χ3v) is 2.87. The zero-order valence-corrected chi connectivity index (χ0v) is 11.1. The van der Waals surface area contributed by atoms with Crippen LogP contribution in [0, 0.1) is 0 Å². The Kier molecular flexibility index (Phi) is 3.79. The summed E-state index contributed by atoms with van der Waals surface area (Å²) in [5.41, 5.74) is -0.458. The number of aliphatic imine (C=N–C) groups is 1. The van der Waals surface area contributed by atoms with E-state index >= 15 is 0 Å². The molecular weight excluding hydrogens is 260 g/mol. The van der Waals surface area contributed by atoms with Crippen molar-refractivity contribution in [2.75, 3.05) is 0 Å². The van der Waals surface area contributed by atoms with E-state index in [9.17, 15) is 14.7 Å². The van der Waals surface area contributed by atoms with Crippen molar-refractivity contribution in [3.05, 3.63) is 56.5 Å². The second-order valence-electron chi connectivity index (χ2n) is 4.23. The monoisotopic (exact) mass is 274 g/mol. The fraction of sp³-hybridized carbons (Fsp3) is 0.231. The zero-order chi connectivity index (χ0) is 14.7. The number of hydrogen-bond donors (Lipinski definition) is 1. The van der Waals surface area contributed by atoms with Gasteiger partial charge in [-0.05, 0) is 12.1 Å². The molecule has 0 unspecified atom stereocenters. The average Bonchev–Trinajstić information content (AvgIpc) is 2.48. The molecule has 2 aromatic heterocycles. The fourth-order valence-corrected chi connectivity index (χ4v) is 1.69. The second-order valence-corrected chi connectivity index (χ2v) is 4.23. The van der Waals surface area contributed by atoms with Gasteiger partial charge in [-0.3, -0.25) is 23.9 Å². The first-order valence-corrected chi connectivity index (χ1v) is 5.91. The standard InChI is InChI=1S/C13H14N4O3/c1-16-11(18)10(12(19)17(2)13(16)20)8-14-7-9-5-3-4-6-15-9/h3-6,8,18H,7H2,1-2H3. The van der Waals surface area contributed by atoms with E-state index in [4.69, 9.17) is 0 Å². The maximum absolute atomic E-state index is 11.9. The molecule has 2 heterocycles. The van der Waals surface area contributed by atoms with Gasteiger partial charge in [-0.1, -0.05) is 6.07 Å². The van der Waals surface area contributed by atoms with Crippen LogP contribution in [0.4, 0.5) is 0 Å². The van der Waals surface area contributed by atoms with Gasteiger partial charge in [0.05, 0.1) is 12.2 Å². The van der Waals surface area contributed by atoms with Crippen molar-refractivity contribution in [2.45, 2.75) is 6.54 Å². The van der Waals surface area contributed by atoms with Gasteiger partial charge in [0.2, 0.25) is 5.88 Å². The smallest absolute Gasteiger partial charge is 0.333 e. The minimum Gasteiger partial charge on any atom is -0.494 e. The van der Waals surface area contributed by atoms with Gasteiger partial charge < -0.3 is 5.11 Å². The second kappa shape index (κ2) is 5.52. The molecule has 7 nitrogen and oxygen atoms in total. The molecule has 0 aliphatic carbocycles. The minimum absolute atomic E-state index is 0.0227. The largest absolute Gasteiger partial charge is 0.494 e. The van der Waals surface area contributed by atoms with Crippen LogP contribution in [0.3, 0.4) is 0 Å². The molecule has 0 aromatic carbocycles. The van der Waals surface area contributed by atoms with E-state index < -0.39 is 17.1 Å². The van der Waals surface area contributed by atoms with Crippen molar-refractivity contribution in [1.82, 2.24) is 14.1 Å². The molecule has 0 bridgehead atoms. The number of hydrogen-bond acceptors (Lipinski definition) is 5. The molecule has 7 heteroatoms. The number of aromatic nitrogens is 3. The highest BCUT2D eigenvalue weighted by molar-refractivity contribution is 5.81. The lowest BCUT2D eigenvalue weighted by Gasteiger charge is -2.06. The van der Waals surface area contributed by atoms with Gasteiger partial charge in [0, 0.05) is 26.5 Å². The van der Waals surface area contributed by atoms with Crippen LogP contribution in [0.15, 0.2) is 39.0 Å². The number of pyridine rings is 1. The number of aromatic hydroxyl groups is 1. The molecule has 0 aliphatic heterocycles. The summed E-state index contributed by atoms with van der Waals surface area (Å²) in [5.74, 6) is -0.400. The van der Waals surface area contributed by atoms with Crippen LogP contribution in [0.5, 0.6) is 5.88 Å². The molecule has 20 heavy (non-hydrogen) atoms. The quantitative estimate of drug-likeness (QED) is 0.785. The van der Waals surface area contributed by atoms with Crippen LogP contribution in [0.2, 0.25) is 0 Å². The SMILES string of the molecule is Cn1c(O)c(C=NCc2ccccn2)c(=O)n(C)c1=O. The van der Waals surface area contributed by atoms with E-state index in [2.05, 4.69) is 9.98 Å². The lowest BCUT2D eigenvalue weighted by atomic mass is 10.3. The zero-order valence-electron chi connectivity index (χ0n) is 11.1. The molecule has 0 radical (unpaired) electrons. The summed E-state index contributed by atoms with van der Waals surface area (Å²) in [6.45, 7) is 0.284. The average molecular weight is 274 g/mol. The van der Waals surface area contributed by atoms with Crippen molar-refractivity contribution < 1.29 is 5.11 Å². The summed E-state index contributed by atoms with van der Waals surface area (Å²) >= 11 is 0. The van der Waals surface area contributed by atoms with Gasteiger partial charge in [-0.2, -0.15) is 0 Å². The van der Waals surface area contributed by atoms with Gasteiger partial charge in [0.25, 0.3) is 5.56 Å². The molecule has 1 N–H and O–H groups in total. The highest BCUT2D eigenvalue weighted by Crippen LogP contribution is 2.06. The third kappa shape index (κ3) is 2.51. The van der Waals surface area contributed by atoms with Crippen molar-refractivity contribution in [3.63, 3.8) is 0 Å². The normalized spacial score (nSPS) is 11.1. The molecule has 0 spiro atoms. The Balaban J connectivity index is 2.35. The molecular formula is C13H14N4O3. The maximum atomic E-state index is 11.9. The van der Waals surface area contributed by atoms with Crippen LogP contribution in [0.25, 0.3) is 0 Å². The lowest BCUT2D eigenvalue weighted by Crippen LogP contribution is -2.38. The summed E-state index contributed by atoms with van der Waals surface area (Å²) in [6, 6.07) is 5.43. The van der Waals surface area contributed by atoms with Gasteiger partial charge in [0.1, 0.15) is 5.56 Å². The first kappa shape index (κ1) is 13.7. The van der Waals surface area contributed by atoms with E-state index in [0.29, 0.717) is 0 Å². The van der Waals surface area contributed by atoms with Gasteiger partial charge in [-0.15, -0.1) is 0 Å². The van der Waals surface area contributed by atoms with Crippen molar-refractivity contribution >= 4 is 6.21 Å². The predicted molar refractivity (Wildman–Crippen MR) is 74.1 cm³/mol. The molecule has 0 saturated heterocycles. The molecule has 2 aromatic rings. The van der Waals surface area contributed by atoms with Crippen LogP contribution in [-0.2, 0) is 20.6 Å². The Morgan fingerprint density at radius 1 is 1.30 bits per heavy atom. The van der Waals surface area contributed by atoms with Crippen LogP contribution < -0.4 is 11.2 Å². The summed E-state index contributed by atoms with van der Waals surface area (Å²) < 4.78 is 1.91. The van der Waals surface area contributed by atoms with Crippen molar-refractivity contribution in [2.24, 2.45) is 19.1 Å². The van der Waals surface area contributed by atoms with E-state index in [1.807, 2.05) is 6.07 Å². The van der Waals surface area contributed by atoms with E-state index in [1.165, 1.54) is 20.3 Å². The molecule has 104 valence electrons. The summed E-state index contributed by atoms with van der Waals surface area (Å²) in [5, 5.41) is 9.82. The lowest BCUT2D eigenvalue weighted by molar-refractivity contribution is 0.410. The highest BCUT2D eigenvalue weighted by Gasteiger charge is 2.12. The first-order valence-electron chi connectivity index (χ1n) is 5.91. The summed E-state index contributed by atoms with van der Waals surface area (Å²) in [6.07, 6.45) is 2.90. The highest BCUT2D eigenvalue weighted by atomic mass is 16.3. The Morgan fingerprint density at radius 2 is 2.05 bits per heavy atom. The minimum atomic E-state index is -0.589. The molecule has 0 saturated carbocycles. The maximum Gasteiger partial charge on any atom is 0.333 e. The van der Waals surface area contributed by atoms with Gasteiger partial charge >= 0.3 is 5.69 Å². The Hall–Kier alpha value is -2.70. The molecule has 0 fully saturated rings. The summed E-state index contributed by atoms with van der Waals surface area (Å²) in [4.78, 5) is 31.6. The predicted octanol–water partition coefficient (Wildman–Crippen LogP) is -0.196. The molecule has 0 atom stereocenters. The number of nitrogens with zero attached hydrogens (tertiary/aromatic N) is 4. The van der Waals surface area contributed by atoms with Gasteiger partial charge in [-0.25, -0.2) is 4.79 Å². The van der Waals surface area contributed by atoms with Crippen molar-refractivity contribution in [3.8, 4) is 5.88 Å².